The normalized spacial score (nSPS) is 28.5. The summed E-state index contributed by atoms with van der Waals surface area (Å²) >= 11 is 0. The number of alkyl halides is 1. The number of halogens is 1. The van der Waals surface area contributed by atoms with Crippen molar-refractivity contribution in [3.05, 3.63) is 22.2 Å². The van der Waals surface area contributed by atoms with Gasteiger partial charge in [0, 0.05) is 5.69 Å². The molecule has 9 N–H and O–H groups in total. The maximum atomic E-state index is 12.7. The minimum Gasteiger partial charge on any atom is -0.387 e. The quantitative estimate of drug-likeness (QED) is 0.141. The highest BCUT2D eigenvalue weighted by atomic mass is 31.3. The zero-order valence-corrected chi connectivity index (χ0v) is 19.7. The third-order valence-electron chi connectivity index (χ3n) is 4.15. The van der Waals surface area contributed by atoms with Crippen LogP contribution in [0.15, 0.2) is 10.9 Å². The van der Waals surface area contributed by atoms with Crippen LogP contribution in [0.4, 0.5) is 10.2 Å². The van der Waals surface area contributed by atoms with E-state index in [1.54, 1.807) is 0 Å². The molecule has 1 aliphatic heterocycles. The highest BCUT2D eigenvalue weighted by molar-refractivity contribution is 7.66. The molecule has 0 aromatic carbocycles. The first kappa shape index (κ1) is 28.7. The molecule has 0 aliphatic carbocycles. The summed E-state index contributed by atoms with van der Waals surface area (Å²) in [6, 6.07) is 1.25. The Morgan fingerprint density at radius 1 is 1.26 bits per heavy atom. The number of phosphoric ester groups is 1. The van der Waals surface area contributed by atoms with Crippen molar-refractivity contribution in [2.24, 2.45) is 5.73 Å². The number of nitrogen functional groups attached to an aromatic ring is 1. The molecule has 1 fully saturated rings. The van der Waals surface area contributed by atoms with Crippen LogP contribution in [0, 0.1) is 18.8 Å². The SMILES string of the molecule is Cc1cc(N)nc(=O)n1[C@@H]1O[C@H](COP(=O)(O)OP(=O)(O)OP(=O)(O)O)[C@H](O)C1(N)C#CCF. The highest BCUT2D eigenvalue weighted by Gasteiger charge is 2.55. The Morgan fingerprint density at radius 3 is 2.41 bits per heavy atom. The summed E-state index contributed by atoms with van der Waals surface area (Å²) in [6.45, 7) is -0.899. The lowest BCUT2D eigenvalue weighted by molar-refractivity contribution is -0.0474. The molecular formula is C13H20FN4O13P3. The molecule has 0 radical (unpaired) electrons. The molecule has 1 saturated heterocycles. The van der Waals surface area contributed by atoms with E-state index < -0.39 is 66.4 Å². The number of aliphatic hydroxyl groups excluding tert-OH is 1. The molecule has 1 aliphatic rings. The van der Waals surface area contributed by atoms with Crippen molar-refractivity contribution in [2.45, 2.75) is 30.9 Å². The molecule has 6 atom stereocenters. The van der Waals surface area contributed by atoms with Crippen molar-refractivity contribution < 1.29 is 60.6 Å². The molecule has 1 aromatic heterocycles. The molecule has 1 aromatic rings. The standard InChI is InChI=1S/C13H20FN4O13P3/c1-7-5-9(15)17-12(20)18(7)11-13(16,3-2-4-14)10(19)8(29-11)6-28-33(24,25)31-34(26,27)30-32(21,22)23/h5,8,10-11,19H,4,6,16H2,1H3,(H,24,25)(H,26,27)(H2,15,17,20)(H2,21,22,23)/t8-,10+,11-,13?/m1/s1. The summed E-state index contributed by atoms with van der Waals surface area (Å²) < 4.78 is 64.6. The molecule has 34 heavy (non-hydrogen) atoms. The van der Waals surface area contributed by atoms with Crippen LogP contribution in [-0.2, 0) is 31.6 Å². The molecule has 3 unspecified atom stereocenters. The Bertz CT molecular complexity index is 1190. The molecule has 0 amide bonds. The first-order valence-electron chi connectivity index (χ1n) is 8.73. The van der Waals surface area contributed by atoms with E-state index in [1.165, 1.54) is 13.0 Å². The highest BCUT2D eigenvalue weighted by Crippen LogP contribution is 2.66. The number of hydrogen-bond donors (Lipinski definition) is 7. The van der Waals surface area contributed by atoms with E-state index in [0.717, 1.165) is 4.57 Å². The first-order chi connectivity index (χ1) is 15.4. The number of aryl methyl sites for hydroxylation is 1. The number of ether oxygens (including phenoxy) is 1. The van der Waals surface area contributed by atoms with E-state index >= 15 is 0 Å². The first-order valence-corrected chi connectivity index (χ1v) is 13.3. The Hall–Kier alpha value is -1.54. The fourth-order valence-electron chi connectivity index (χ4n) is 2.92. The van der Waals surface area contributed by atoms with Gasteiger partial charge in [-0.05, 0) is 13.0 Å². The molecule has 21 heteroatoms. The summed E-state index contributed by atoms with van der Waals surface area (Å²) in [6.07, 6.45) is -5.22. The second kappa shape index (κ2) is 10.2. The average molecular weight is 552 g/mol. The van der Waals surface area contributed by atoms with Gasteiger partial charge in [-0.3, -0.25) is 9.09 Å². The number of phosphoric acid groups is 3. The number of nitrogens with zero attached hydrogens (tertiary/aromatic N) is 2. The van der Waals surface area contributed by atoms with Crippen molar-refractivity contribution in [1.29, 1.82) is 0 Å². The van der Waals surface area contributed by atoms with E-state index in [9.17, 15) is 37.8 Å². The number of aliphatic hydroxyl groups is 1. The zero-order chi connectivity index (χ0) is 26.1. The lowest BCUT2D eigenvalue weighted by atomic mass is 9.91. The topological polar surface area (TPSA) is 276 Å². The van der Waals surface area contributed by atoms with Crippen LogP contribution >= 0.6 is 23.5 Å². The number of anilines is 1. The fraction of sp³-hybridized carbons (Fsp3) is 0.538. The fourth-order valence-corrected chi connectivity index (χ4v) is 5.95. The van der Waals surface area contributed by atoms with E-state index in [0.29, 0.717) is 0 Å². The Kier molecular flexibility index (Phi) is 8.62. The Labute approximate surface area is 189 Å². The third-order valence-corrected chi connectivity index (χ3v) is 7.95. The summed E-state index contributed by atoms with van der Waals surface area (Å²) in [5, 5.41) is 10.6. The van der Waals surface area contributed by atoms with Gasteiger partial charge < -0.3 is 40.9 Å². The van der Waals surface area contributed by atoms with Crippen LogP contribution < -0.4 is 17.2 Å². The van der Waals surface area contributed by atoms with Crippen LogP contribution in [0.1, 0.15) is 11.9 Å². The molecule has 2 heterocycles. The molecule has 0 bridgehead atoms. The van der Waals surface area contributed by atoms with Crippen LogP contribution in [0.2, 0.25) is 0 Å². The molecule has 0 spiro atoms. The van der Waals surface area contributed by atoms with Gasteiger partial charge in [-0.2, -0.15) is 13.6 Å². The van der Waals surface area contributed by atoms with Gasteiger partial charge in [0.25, 0.3) is 0 Å². The van der Waals surface area contributed by atoms with Crippen LogP contribution in [0.3, 0.4) is 0 Å². The van der Waals surface area contributed by atoms with Crippen molar-refractivity contribution in [2.75, 3.05) is 19.0 Å². The van der Waals surface area contributed by atoms with Crippen molar-refractivity contribution in [3.8, 4) is 11.8 Å². The lowest BCUT2D eigenvalue weighted by Gasteiger charge is -2.29. The minimum absolute atomic E-state index is 0.139. The average Bonchev–Trinajstić information content (AvgIpc) is 2.86. The maximum Gasteiger partial charge on any atom is 0.490 e. The van der Waals surface area contributed by atoms with E-state index in [-0.39, 0.29) is 11.5 Å². The van der Waals surface area contributed by atoms with Crippen LogP contribution in [0.5, 0.6) is 0 Å². The van der Waals surface area contributed by atoms with Gasteiger partial charge in [-0.15, -0.1) is 0 Å². The van der Waals surface area contributed by atoms with Crippen molar-refractivity contribution in [3.63, 3.8) is 0 Å². The van der Waals surface area contributed by atoms with Gasteiger partial charge in [-0.25, -0.2) is 22.9 Å². The third kappa shape index (κ3) is 7.00. The van der Waals surface area contributed by atoms with Crippen molar-refractivity contribution >= 4 is 29.3 Å². The number of aromatic nitrogens is 2. The zero-order valence-electron chi connectivity index (χ0n) is 17.0. The number of nitrogens with two attached hydrogens (primary N) is 2. The minimum atomic E-state index is -5.79. The van der Waals surface area contributed by atoms with E-state index in [1.807, 2.05) is 5.92 Å². The molecular weight excluding hydrogens is 532 g/mol. The summed E-state index contributed by atoms with van der Waals surface area (Å²) in [7, 11) is -17.0. The van der Waals surface area contributed by atoms with Gasteiger partial charge in [0.2, 0.25) is 0 Å². The molecule has 0 saturated carbocycles. The Morgan fingerprint density at radius 2 is 1.88 bits per heavy atom. The van der Waals surface area contributed by atoms with E-state index in [4.69, 9.17) is 26.0 Å². The smallest absolute Gasteiger partial charge is 0.387 e. The molecule has 17 nitrogen and oxygen atoms in total. The van der Waals surface area contributed by atoms with Gasteiger partial charge >= 0.3 is 29.2 Å². The summed E-state index contributed by atoms with van der Waals surface area (Å²) in [5.41, 5.74) is 8.55. The van der Waals surface area contributed by atoms with E-state index in [2.05, 4.69) is 24.0 Å². The second-order valence-corrected chi connectivity index (χ2v) is 11.1. The number of rotatable bonds is 8. The molecule has 2 rings (SSSR count). The van der Waals surface area contributed by atoms with Crippen molar-refractivity contribution in [1.82, 2.24) is 9.55 Å². The van der Waals surface area contributed by atoms with Gasteiger partial charge in [0.1, 0.15) is 24.7 Å². The second-order valence-electron chi connectivity index (χ2n) is 6.70. The predicted octanol–water partition coefficient (Wildman–Crippen LogP) is -1.59. The summed E-state index contributed by atoms with van der Waals surface area (Å²) in [4.78, 5) is 51.7. The van der Waals surface area contributed by atoms with Gasteiger partial charge in [0.15, 0.2) is 11.8 Å². The Balaban J connectivity index is 2.31. The van der Waals surface area contributed by atoms with Gasteiger partial charge in [-0.1, -0.05) is 11.8 Å². The van der Waals surface area contributed by atoms with Gasteiger partial charge in [0.05, 0.1) is 6.61 Å². The van der Waals surface area contributed by atoms with Crippen LogP contribution in [-0.4, -0.2) is 65.3 Å². The predicted molar refractivity (Wildman–Crippen MR) is 108 cm³/mol. The largest absolute Gasteiger partial charge is 0.490 e. The number of hydrogen-bond acceptors (Lipinski definition) is 12. The molecule has 192 valence electrons. The monoisotopic (exact) mass is 552 g/mol. The summed E-state index contributed by atoms with van der Waals surface area (Å²) in [5.74, 6) is 4.05. The van der Waals surface area contributed by atoms with Crippen LogP contribution in [0.25, 0.3) is 0 Å². The maximum absolute atomic E-state index is 12.7. The lowest BCUT2D eigenvalue weighted by Crippen LogP contribution is -2.55.